The first kappa shape index (κ1) is 22.1. The Bertz CT molecular complexity index is 289. The molecule has 0 amide bonds. The third-order valence-electron chi connectivity index (χ3n) is 4.97. The maximum Gasteiger partial charge on any atom is 0.231 e. The summed E-state index contributed by atoms with van der Waals surface area (Å²) in [5.41, 5.74) is -0.902. The zero-order valence-corrected chi connectivity index (χ0v) is 15.0. The van der Waals surface area contributed by atoms with Gasteiger partial charge in [0.25, 0.3) is 0 Å². The maximum atomic E-state index is 9.48. The van der Waals surface area contributed by atoms with Crippen LogP contribution in [0.1, 0.15) is 68.7 Å². The quantitative estimate of drug-likeness (QED) is 0.590. The van der Waals surface area contributed by atoms with Gasteiger partial charge in [0.15, 0.2) is 0 Å². The van der Waals surface area contributed by atoms with Crippen molar-refractivity contribution in [3.63, 3.8) is 0 Å². The van der Waals surface area contributed by atoms with Crippen LogP contribution in [0.15, 0.2) is 12.7 Å². The summed E-state index contributed by atoms with van der Waals surface area (Å²) in [7, 11) is 6.15. The molecule has 0 saturated heterocycles. The van der Waals surface area contributed by atoms with Crippen molar-refractivity contribution >= 4 is 15.1 Å². The van der Waals surface area contributed by atoms with Gasteiger partial charge in [0, 0.05) is 0 Å². The fourth-order valence-corrected chi connectivity index (χ4v) is 1.05. The van der Waals surface area contributed by atoms with Crippen LogP contribution in [0.25, 0.3) is 0 Å². The Morgan fingerprint density at radius 1 is 1.10 bits per heavy atom. The van der Waals surface area contributed by atoms with E-state index in [1.807, 2.05) is 0 Å². The van der Waals surface area contributed by atoms with Gasteiger partial charge in [-0.3, -0.25) is 0 Å². The Morgan fingerprint density at radius 2 is 1.50 bits per heavy atom. The molecule has 0 unspecified atom stereocenters. The van der Waals surface area contributed by atoms with Gasteiger partial charge in [-0.1, -0.05) is 47.1 Å². The average molecular weight is 279 g/mol. The highest BCUT2D eigenvalue weighted by atomic mass is 16.5. The van der Waals surface area contributed by atoms with Crippen LogP contribution in [-0.2, 0) is 4.65 Å². The van der Waals surface area contributed by atoms with Gasteiger partial charge in [0.1, 0.15) is 0 Å². The highest BCUT2D eigenvalue weighted by Gasteiger charge is 2.34. The molecule has 0 aliphatic carbocycles. The standard InChI is InChI=1S/C10H20.C6H13B2O2/c1-7-9(3,4)10(5,6)8-2;1-5(2,9)6(3,4)10-8-7/h7H,1,8H2,2-6H3;9H,1-4H3. The normalized spacial score (nSPS) is 13.3. The van der Waals surface area contributed by atoms with Crippen LogP contribution in [0.2, 0.25) is 0 Å². The molecule has 0 saturated carbocycles. The summed E-state index contributed by atoms with van der Waals surface area (Å²) in [6, 6.07) is 0. The molecule has 0 fully saturated rings. The van der Waals surface area contributed by atoms with Crippen LogP contribution < -0.4 is 0 Å². The second kappa shape index (κ2) is 7.70. The van der Waals surface area contributed by atoms with Crippen molar-refractivity contribution in [1.29, 1.82) is 0 Å². The van der Waals surface area contributed by atoms with Crippen molar-refractivity contribution in [3.05, 3.63) is 12.7 Å². The average Bonchev–Trinajstić information content (AvgIpc) is 2.28. The summed E-state index contributed by atoms with van der Waals surface area (Å²) in [4.78, 5) is 0. The molecule has 0 spiro atoms. The summed E-state index contributed by atoms with van der Waals surface area (Å²) >= 11 is 0. The van der Waals surface area contributed by atoms with Crippen molar-refractivity contribution in [2.45, 2.75) is 79.9 Å². The first-order valence-corrected chi connectivity index (χ1v) is 7.25. The molecule has 0 aliphatic rings. The molecule has 0 atom stereocenters. The van der Waals surface area contributed by atoms with Crippen LogP contribution >= 0.6 is 0 Å². The maximum absolute atomic E-state index is 9.48. The van der Waals surface area contributed by atoms with Gasteiger partial charge >= 0.3 is 0 Å². The molecule has 0 aromatic rings. The largest absolute Gasteiger partial charge is 0.445 e. The molecular formula is C16H33B2O2. The van der Waals surface area contributed by atoms with Crippen molar-refractivity contribution in [3.8, 4) is 0 Å². The Morgan fingerprint density at radius 3 is 1.60 bits per heavy atom. The SMILES string of the molecule is C=CC(C)(C)C(C)(C)CC.[B][B]OC(C)(C)C(C)(C)O. The minimum atomic E-state index is -0.886. The highest BCUT2D eigenvalue weighted by Crippen LogP contribution is 2.41. The topological polar surface area (TPSA) is 29.5 Å². The predicted molar refractivity (Wildman–Crippen MR) is 91.0 cm³/mol. The Labute approximate surface area is 129 Å². The molecule has 0 bridgehead atoms. The van der Waals surface area contributed by atoms with Crippen LogP contribution in [-0.4, -0.2) is 31.4 Å². The predicted octanol–water partition coefficient (Wildman–Crippen LogP) is 3.89. The first-order valence-electron chi connectivity index (χ1n) is 7.25. The van der Waals surface area contributed by atoms with Crippen molar-refractivity contribution in [1.82, 2.24) is 0 Å². The fraction of sp³-hybridized carbons (Fsp3) is 0.875. The Kier molecular flexibility index (Phi) is 8.50. The molecular weight excluding hydrogens is 246 g/mol. The van der Waals surface area contributed by atoms with E-state index in [0.29, 0.717) is 5.41 Å². The second-order valence-corrected chi connectivity index (χ2v) is 7.49. The van der Waals surface area contributed by atoms with E-state index < -0.39 is 11.2 Å². The zero-order chi connectivity index (χ0) is 16.8. The Hall–Kier alpha value is -0.210. The lowest BCUT2D eigenvalue weighted by Gasteiger charge is -2.38. The molecule has 2 nitrogen and oxygen atoms in total. The molecule has 0 heterocycles. The first-order chi connectivity index (χ1) is 8.68. The van der Waals surface area contributed by atoms with Crippen LogP contribution in [0.4, 0.5) is 0 Å². The van der Waals surface area contributed by atoms with Gasteiger partial charge in [-0.15, -0.1) is 6.58 Å². The lowest BCUT2D eigenvalue weighted by atomic mass is 9.67. The molecule has 20 heavy (non-hydrogen) atoms. The van der Waals surface area contributed by atoms with Gasteiger partial charge in [-0.25, -0.2) is 0 Å². The summed E-state index contributed by atoms with van der Waals surface area (Å²) in [6.45, 7) is 22.0. The number of rotatable bonds is 6. The molecule has 3 radical (unpaired) electrons. The molecule has 0 aromatic carbocycles. The lowest BCUT2D eigenvalue weighted by molar-refractivity contribution is -0.0887. The number of hydrogen-bond acceptors (Lipinski definition) is 2. The third-order valence-corrected chi connectivity index (χ3v) is 4.97. The van der Waals surface area contributed by atoms with E-state index in [0.717, 1.165) is 7.37 Å². The molecule has 1 N–H and O–H groups in total. The molecule has 0 aromatic heterocycles. The van der Waals surface area contributed by atoms with Gasteiger partial charge in [0.2, 0.25) is 7.37 Å². The van der Waals surface area contributed by atoms with Gasteiger partial charge in [-0.05, 0) is 38.5 Å². The van der Waals surface area contributed by atoms with Crippen molar-refractivity contribution in [2.75, 3.05) is 0 Å². The summed E-state index contributed by atoms with van der Waals surface area (Å²) in [6.07, 6.45) is 3.25. The lowest BCUT2D eigenvalue weighted by Crippen LogP contribution is -2.48. The van der Waals surface area contributed by atoms with E-state index in [1.165, 1.54) is 6.42 Å². The minimum absolute atomic E-state index is 0.252. The van der Waals surface area contributed by atoms with Gasteiger partial charge < -0.3 is 9.76 Å². The van der Waals surface area contributed by atoms with E-state index in [1.54, 1.807) is 27.7 Å². The van der Waals surface area contributed by atoms with Crippen LogP contribution in [0, 0.1) is 10.8 Å². The molecule has 4 heteroatoms. The molecule has 0 rings (SSSR count). The smallest absolute Gasteiger partial charge is 0.231 e. The number of allylic oxidation sites excluding steroid dienone is 1. The van der Waals surface area contributed by atoms with Gasteiger partial charge in [0.05, 0.1) is 18.9 Å². The third kappa shape index (κ3) is 6.49. The molecule has 115 valence electrons. The summed E-state index contributed by atoms with van der Waals surface area (Å²) in [5.74, 6) is 0. The fourth-order valence-electron chi connectivity index (χ4n) is 1.05. The van der Waals surface area contributed by atoms with E-state index in [-0.39, 0.29) is 5.41 Å². The summed E-state index contributed by atoms with van der Waals surface area (Å²) in [5, 5.41) is 9.48. The highest BCUT2D eigenvalue weighted by molar-refractivity contribution is 6.85. The zero-order valence-electron chi connectivity index (χ0n) is 15.0. The minimum Gasteiger partial charge on any atom is -0.445 e. The Balaban J connectivity index is 0. The van der Waals surface area contributed by atoms with E-state index in [2.05, 4.69) is 47.3 Å². The van der Waals surface area contributed by atoms with Crippen LogP contribution in [0.3, 0.4) is 0 Å². The molecule has 0 aliphatic heterocycles. The van der Waals surface area contributed by atoms with Crippen LogP contribution in [0.5, 0.6) is 0 Å². The van der Waals surface area contributed by atoms with E-state index >= 15 is 0 Å². The van der Waals surface area contributed by atoms with E-state index in [9.17, 15) is 5.11 Å². The monoisotopic (exact) mass is 279 g/mol. The number of aliphatic hydroxyl groups is 1. The van der Waals surface area contributed by atoms with Crippen molar-refractivity contribution < 1.29 is 9.76 Å². The van der Waals surface area contributed by atoms with Crippen molar-refractivity contribution in [2.24, 2.45) is 10.8 Å². The second-order valence-electron chi connectivity index (χ2n) is 7.49. The van der Waals surface area contributed by atoms with E-state index in [4.69, 9.17) is 12.4 Å². The summed E-state index contributed by atoms with van der Waals surface area (Å²) < 4.78 is 5.00. The van der Waals surface area contributed by atoms with Gasteiger partial charge in [-0.2, -0.15) is 0 Å². The number of hydrogen-bond donors (Lipinski definition) is 1.